The average Bonchev–Trinajstić information content (AvgIpc) is 2.75. The number of rotatable bonds is 3. The summed E-state index contributed by atoms with van der Waals surface area (Å²) in [6.07, 6.45) is 1.38. The number of nitrogens with zero attached hydrogens (tertiary/aromatic N) is 1. The number of aromatic amines is 1. The summed E-state index contributed by atoms with van der Waals surface area (Å²) < 4.78 is 12.3. The Bertz CT molecular complexity index is 618. The van der Waals surface area contributed by atoms with Crippen molar-refractivity contribution < 1.29 is 14.3 Å². The lowest BCUT2D eigenvalue weighted by molar-refractivity contribution is -0.149. The molecule has 1 saturated heterocycles. The van der Waals surface area contributed by atoms with E-state index in [1.165, 1.54) is 17.7 Å². The van der Waals surface area contributed by atoms with Crippen LogP contribution in [0.25, 0.3) is 0 Å². The van der Waals surface area contributed by atoms with Crippen molar-refractivity contribution in [2.75, 3.05) is 0 Å². The molecule has 7 heteroatoms. The predicted molar refractivity (Wildman–Crippen MR) is 70.4 cm³/mol. The topological polar surface area (TPSA) is 90.4 Å². The number of carbonyl (C=O) groups is 1. The van der Waals surface area contributed by atoms with Gasteiger partial charge in [0.25, 0.3) is 5.56 Å². The molecule has 1 N–H and O–H groups in total. The number of nitrogens with one attached hydrogen (secondary N) is 1. The fourth-order valence-corrected chi connectivity index (χ4v) is 2.37. The van der Waals surface area contributed by atoms with Gasteiger partial charge in [-0.15, -0.1) is 0 Å². The van der Waals surface area contributed by atoms with Gasteiger partial charge in [0.05, 0.1) is 6.10 Å². The largest absolute Gasteiger partial charge is 0.460 e. The molecule has 20 heavy (non-hydrogen) atoms. The van der Waals surface area contributed by atoms with Gasteiger partial charge in [-0.3, -0.25) is 19.1 Å². The Morgan fingerprint density at radius 2 is 2.25 bits per heavy atom. The highest BCUT2D eigenvalue weighted by Gasteiger charge is 2.37. The zero-order chi connectivity index (χ0) is 14.9. The van der Waals surface area contributed by atoms with E-state index in [4.69, 9.17) is 9.47 Å². The van der Waals surface area contributed by atoms with E-state index in [2.05, 4.69) is 4.98 Å². The highest BCUT2D eigenvalue weighted by molar-refractivity contribution is 5.66. The van der Waals surface area contributed by atoms with Crippen molar-refractivity contribution in [1.29, 1.82) is 0 Å². The van der Waals surface area contributed by atoms with Crippen LogP contribution in [0.3, 0.4) is 0 Å². The highest BCUT2D eigenvalue weighted by atomic mass is 16.6. The first kappa shape index (κ1) is 14.5. The lowest BCUT2D eigenvalue weighted by Crippen LogP contribution is -2.33. The van der Waals surface area contributed by atoms with Crippen LogP contribution in [-0.4, -0.2) is 27.7 Å². The molecule has 0 amide bonds. The molecule has 0 radical (unpaired) electrons. The average molecular weight is 282 g/mol. The normalized spacial score (nSPS) is 25.6. The van der Waals surface area contributed by atoms with Crippen LogP contribution in [0.15, 0.2) is 15.8 Å². The van der Waals surface area contributed by atoms with Gasteiger partial charge in [-0.2, -0.15) is 0 Å². The molecule has 0 bridgehead atoms. The first-order chi connectivity index (χ1) is 9.42. The smallest absolute Gasteiger partial charge is 0.330 e. The number of ether oxygens (including phenoxy) is 2. The first-order valence-electron chi connectivity index (χ1n) is 6.57. The van der Waals surface area contributed by atoms with Crippen LogP contribution in [0, 0.1) is 6.92 Å². The molecule has 110 valence electrons. The molecule has 1 fully saturated rings. The van der Waals surface area contributed by atoms with Gasteiger partial charge >= 0.3 is 11.7 Å². The summed E-state index contributed by atoms with van der Waals surface area (Å²) in [5.74, 6) is -0.373. The second-order valence-electron chi connectivity index (χ2n) is 4.90. The maximum absolute atomic E-state index is 11.8. The van der Waals surface area contributed by atoms with E-state index in [1.807, 2.05) is 6.92 Å². The number of H-pyrrole nitrogens is 1. The fourth-order valence-electron chi connectivity index (χ4n) is 2.37. The van der Waals surface area contributed by atoms with Crippen LogP contribution in [0.5, 0.6) is 0 Å². The maximum atomic E-state index is 11.8. The SMILES string of the molecule is CC[C@H]1O[C@@H](n2cc(C)c(=O)[nH]c2=O)CC1OC(C)=O. The van der Waals surface area contributed by atoms with Crippen molar-refractivity contribution in [3.05, 3.63) is 32.6 Å². The van der Waals surface area contributed by atoms with E-state index in [1.54, 1.807) is 6.92 Å². The molecule has 0 aromatic carbocycles. The van der Waals surface area contributed by atoms with Crippen LogP contribution in [0.4, 0.5) is 0 Å². The van der Waals surface area contributed by atoms with Crippen LogP contribution in [0.2, 0.25) is 0 Å². The van der Waals surface area contributed by atoms with Gasteiger partial charge < -0.3 is 9.47 Å². The number of aryl methyl sites for hydroxylation is 1. The predicted octanol–water partition coefficient (Wildman–Crippen LogP) is 0.474. The molecule has 1 unspecified atom stereocenters. The molecule has 0 spiro atoms. The van der Waals surface area contributed by atoms with Crippen LogP contribution in [-0.2, 0) is 14.3 Å². The van der Waals surface area contributed by atoms with E-state index < -0.39 is 17.5 Å². The minimum Gasteiger partial charge on any atom is -0.460 e. The molecule has 2 rings (SSSR count). The van der Waals surface area contributed by atoms with E-state index in [0.717, 1.165) is 0 Å². The van der Waals surface area contributed by atoms with Crippen LogP contribution in [0.1, 0.15) is 38.5 Å². The Morgan fingerprint density at radius 3 is 2.85 bits per heavy atom. The number of hydrogen-bond acceptors (Lipinski definition) is 5. The number of carbonyl (C=O) groups excluding carboxylic acids is 1. The van der Waals surface area contributed by atoms with E-state index in [9.17, 15) is 14.4 Å². The van der Waals surface area contributed by atoms with Gasteiger partial charge in [0, 0.05) is 25.1 Å². The second kappa shape index (κ2) is 5.62. The summed E-state index contributed by atoms with van der Waals surface area (Å²) in [6.45, 7) is 4.88. The monoisotopic (exact) mass is 282 g/mol. The van der Waals surface area contributed by atoms with Crippen molar-refractivity contribution in [2.45, 2.75) is 52.0 Å². The Kier molecular flexibility index (Phi) is 4.08. The molecule has 3 atom stereocenters. The lowest BCUT2D eigenvalue weighted by atomic mass is 10.1. The molecule has 1 aliphatic rings. The van der Waals surface area contributed by atoms with E-state index in [-0.39, 0.29) is 18.2 Å². The summed E-state index contributed by atoms with van der Waals surface area (Å²) in [5.41, 5.74) is -0.506. The molecule has 0 saturated carbocycles. The van der Waals surface area contributed by atoms with Crippen LogP contribution >= 0.6 is 0 Å². The van der Waals surface area contributed by atoms with Gasteiger partial charge in [0.2, 0.25) is 0 Å². The zero-order valence-electron chi connectivity index (χ0n) is 11.7. The Morgan fingerprint density at radius 1 is 1.55 bits per heavy atom. The van der Waals surface area contributed by atoms with Crippen molar-refractivity contribution in [3.63, 3.8) is 0 Å². The minimum atomic E-state index is -0.535. The van der Waals surface area contributed by atoms with Gasteiger partial charge in [-0.25, -0.2) is 4.79 Å². The first-order valence-corrected chi connectivity index (χ1v) is 6.57. The Labute approximate surface area is 115 Å². The van der Waals surface area contributed by atoms with Gasteiger partial charge in [-0.1, -0.05) is 6.92 Å². The summed E-state index contributed by atoms with van der Waals surface area (Å²) in [6, 6.07) is 0. The molecule has 1 aromatic rings. The maximum Gasteiger partial charge on any atom is 0.330 e. The summed E-state index contributed by atoms with van der Waals surface area (Å²) >= 11 is 0. The van der Waals surface area contributed by atoms with Crippen molar-refractivity contribution in [2.24, 2.45) is 0 Å². The molecule has 2 heterocycles. The third-order valence-corrected chi connectivity index (χ3v) is 3.36. The van der Waals surface area contributed by atoms with Crippen LogP contribution < -0.4 is 11.2 Å². The van der Waals surface area contributed by atoms with Gasteiger partial charge in [0.15, 0.2) is 0 Å². The Hall–Kier alpha value is -1.89. The van der Waals surface area contributed by atoms with Crippen molar-refractivity contribution >= 4 is 5.97 Å². The van der Waals surface area contributed by atoms with Gasteiger partial charge in [0.1, 0.15) is 12.3 Å². The third kappa shape index (κ3) is 2.82. The zero-order valence-corrected chi connectivity index (χ0v) is 11.7. The quantitative estimate of drug-likeness (QED) is 0.814. The van der Waals surface area contributed by atoms with Crippen molar-refractivity contribution in [3.8, 4) is 0 Å². The second-order valence-corrected chi connectivity index (χ2v) is 4.90. The molecular weight excluding hydrogens is 264 g/mol. The molecule has 1 aliphatic heterocycles. The number of hydrogen-bond donors (Lipinski definition) is 1. The van der Waals surface area contributed by atoms with E-state index in [0.29, 0.717) is 18.4 Å². The van der Waals surface area contributed by atoms with Crippen molar-refractivity contribution in [1.82, 2.24) is 9.55 Å². The number of aromatic nitrogens is 2. The fraction of sp³-hybridized carbons (Fsp3) is 0.615. The summed E-state index contributed by atoms with van der Waals surface area (Å²) in [4.78, 5) is 36.5. The van der Waals surface area contributed by atoms with Gasteiger partial charge in [-0.05, 0) is 13.3 Å². The third-order valence-electron chi connectivity index (χ3n) is 3.36. The lowest BCUT2D eigenvalue weighted by Gasteiger charge is -2.16. The molecule has 7 nitrogen and oxygen atoms in total. The summed E-state index contributed by atoms with van der Waals surface area (Å²) in [5, 5.41) is 0. The molecule has 1 aromatic heterocycles. The molecular formula is C13H18N2O5. The summed E-state index contributed by atoms with van der Waals surface area (Å²) in [7, 11) is 0. The minimum absolute atomic E-state index is 0.247. The Balaban J connectivity index is 2.27. The molecule has 0 aliphatic carbocycles. The number of esters is 1. The van der Waals surface area contributed by atoms with E-state index >= 15 is 0 Å². The highest BCUT2D eigenvalue weighted by Crippen LogP contribution is 2.31. The standard InChI is InChI=1S/C13H18N2O5/c1-4-9-10(19-8(3)16)5-11(20-9)15-6-7(2)12(17)14-13(15)18/h6,9-11H,4-5H2,1-3H3,(H,14,17,18)/t9-,10?,11-/m1/s1.